The van der Waals surface area contributed by atoms with Crippen molar-refractivity contribution in [2.24, 2.45) is 16.7 Å². The third-order valence-electron chi connectivity index (χ3n) is 5.29. The van der Waals surface area contributed by atoms with Crippen molar-refractivity contribution in [1.29, 1.82) is 0 Å². The molecular formula is C15H30O. The molecule has 0 heterocycles. The fourth-order valence-corrected chi connectivity index (χ4v) is 2.15. The molecule has 1 N–H and O–H groups in total. The van der Waals surface area contributed by atoms with Gasteiger partial charge < -0.3 is 5.11 Å². The summed E-state index contributed by atoms with van der Waals surface area (Å²) in [6, 6.07) is 0. The van der Waals surface area contributed by atoms with Crippen LogP contribution in [0.5, 0.6) is 0 Å². The maximum atomic E-state index is 10.4. The SMILES string of the molecule is C=C(CC)C(C)C(C)(C)C(C)(C)C(C)(C)O. The van der Waals surface area contributed by atoms with Crippen molar-refractivity contribution in [3.8, 4) is 0 Å². The molecule has 0 amide bonds. The van der Waals surface area contributed by atoms with Gasteiger partial charge in [-0.1, -0.05) is 53.7 Å². The van der Waals surface area contributed by atoms with Crippen LogP contribution >= 0.6 is 0 Å². The zero-order valence-corrected chi connectivity index (χ0v) is 12.4. The molecule has 0 aliphatic heterocycles. The van der Waals surface area contributed by atoms with Crippen LogP contribution in [0.2, 0.25) is 0 Å². The first-order chi connectivity index (χ1) is 6.89. The summed E-state index contributed by atoms with van der Waals surface area (Å²) < 4.78 is 0. The summed E-state index contributed by atoms with van der Waals surface area (Å²) in [6.07, 6.45) is 1.01. The third-order valence-corrected chi connectivity index (χ3v) is 5.29. The summed E-state index contributed by atoms with van der Waals surface area (Å²) in [5.74, 6) is 0.402. The largest absolute Gasteiger partial charge is 0.390 e. The highest BCUT2D eigenvalue weighted by molar-refractivity contribution is 5.09. The minimum Gasteiger partial charge on any atom is -0.390 e. The molecule has 0 bridgehead atoms. The number of hydrogen-bond acceptors (Lipinski definition) is 1. The molecule has 96 valence electrons. The lowest BCUT2D eigenvalue weighted by atomic mass is 9.54. The van der Waals surface area contributed by atoms with E-state index in [9.17, 15) is 5.11 Å². The lowest BCUT2D eigenvalue weighted by Gasteiger charge is -2.52. The van der Waals surface area contributed by atoms with Crippen LogP contribution in [0.1, 0.15) is 61.8 Å². The topological polar surface area (TPSA) is 20.2 Å². The molecule has 0 fully saturated rings. The minimum atomic E-state index is -0.696. The van der Waals surface area contributed by atoms with Gasteiger partial charge in [0.2, 0.25) is 0 Å². The molecule has 16 heavy (non-hydrogen) atoms. The van der Waals surface area contributed by atoms with Crippen LogP contribution in [0, 0.1) is 16.7 Å². The van der Waals surface area contributed by atoms with Crippen LogP contribution < -0.4 is 0 Å². The fourth-order valence-electron chi connectivity index (χ4n) is 2.15. The molecule has 0 spiro atoms. The summed E-state index contributed by atoms with van der Waals surface area (Å²) in [7, 11) is 0. The van der Waals surface area contributed by atoms with E-state index in [1.165, 1.54) is 5.57 Å². The quantitative estimate of drug-likeness (QED) is 0.688. The molecule has 0 saturated carbocycles. The predicted molar refractivity (Wildman–Crippen MR) is 72.5 cm³/mol. The zero-order valence-electron chi connectivity index (χ0n) is 12.4. The number of aliphatic hydroxyl groups is 1. The molecule has 1 unspecified atom stereocenters. The lowest BCUT2D eigenvalue weighted by Crippen LogP contribution is -2.51. The van der Waals surface area contributed by atoms with Crippen LogP contribution in [0.3, 0.4) is 0 Å². The van der Waals surface area contributed by atoms with E-state index in [2.05, 4.69) is 48.1 Å². The first kappa shape index (κ1) is 15.7. The lowest BCUT2D eigenvalue weighted by molar-refractivity contribution is -0.115. The number of hydrogen-bond donors (Lipinski definition) is 1. The molecule has 1 heteroatoms. The van der Waals surface area contributed by atoms with Gasteiger partial charge >= 0.3 is 0 Å². The Bertz CT molecular complexity index is 253. The molecule has 0 aromatic carbocycles. The van der Waals surface area contributed by atoms with Crippen molar-refractivity contribution in [3.05, 3.63) is 12.2 Å². The monoisotopic (exact) mass is 226 g/mol. The molecule has 0 aromatic rings. The fraction of sp³-hybridized carbons (Fsp3) is 0.867. The van der Waals surface area contributed by atoms with Gasteiger partial charge in [0.1, 0.15) is 0 Å². The van der Waals surface area contributed by atoms with Crippen LogP contribution in [-0.2, 0) is 0 Å². The molecule has 1 atom stereocenters. The number of allylic oxidation sites excluding steroid dienone is 1. The molecule has 0 aliphatic rings. The average molecular weight is 226 g/mol. The highest BCUT2D eigenvalue weighted by Gasteiger charge is 2.49. The Kier molecular flexibility index (Phi) is 4.44. The van der Waals surface area contributed by atoms with E-state index in [1.807, 2.05) is 13.8 Å². The van der Waals surface area contributed by atoms with Gasteiger partial charge in [0.15, 0.2) is 0 Å². The van der Waals surface area contributed by atoms with Gasteiger partial charge in [0.05, 0.1) is 5.60 Å². The van der Waals surface area contributed by atoms with E-state index in [0.717, 1.165) is 6.42 Å². The third kappa shape index (κ3) is 2.51. The Morgan fingerprint density at radius 1 is 1.12 bits per heavy atom. The Hall–Kier alpha value is -0.300. The summed E-state index contributed by atoms with van der Waals surface area (Å²) in [5.41, 5.74) is 0.414. The second kappa shape index (κ2) is 4.52. The van der Waals surface area contributed by atoms with Crippen molar-refractivity contribution in [3.63, 3.8) is 0 Å². The first-order valence-electron chi connectivity index (χ1n) is 6.29. The Morgan fingerprint density at radius 3 is 1.75 bits per heavy atom. The maximum absolute atomic E-state index is 10.4. The van der Waals surface area contributed by atoms with E-state index in [-0.39, 0.29) is 10.8 Å². The van der Waals surface area contributed by atoms with Gasteiger partial charge in [0.25, 0.3) is 0 Å². The van der Waals surface area contributed by atoms with E-state index in [4.69, 9.17) is 0 Å². The predicted octanol–water partition coefficient (Wildman–Crippen LogP) is 4.41. The molecule has 0 aromatic heterocycles. The normalized spacial score (nSPS) is 16.1. The van der Waals surface area contributed by atoms with E-state index in [1.54, 1.807) is 0 Å². The van der Waals surface area contributed by atoms with Crippen molar-refractivity contribution in [2.75, 3.05) is 0 Å². The summed E-state index contributed by atoms with van der Waals surface area (Å²) in [5, 5.41) is 10.4. The smallest absolute Gasteiger partial charge is 0.0647 e. The summed E-state index contributed by atoms with van der Waals surface area (Å²) in [4.78, 5) is 0. The van der Waals surface area contributed by atoms with Gasteiger partial charge in [-0.3, -0.25) is 0 Å². The van der Waals surface area contributed by atoms with E-state index >= 15 is 0 Å². The summed E-state index contributed by atoms with van der Waals surface area (Å²) in [6.45, 7) is 21.1. The van der Waals surface area contributed by atoms with Gasteiger partial charge in [-0.05, 0) is 37.0 Å². The minimum absolute atomic E-state index is 0.0122. The molecule has 0 saturated heterocycles. The molecule has 0 aliphatic carbocycles. The molecule has 0 rings (SSSR count). The number of rotatable bonds is 5. The summed E-state index contributed by atoms with van der Waals surface area (Å²) >= 11 is 0. The van der Waals surface area contributed by atoms with Gasteiger partial charge in [-0.25, -0.2) is 0 Å². The van der Waals surface area contributed by atoms with Crippen molar-refractivity contribution in [2.45, 2.75) is 67.4 Å². The van der Waals surface area contributed by atoms with Crippen LogP contribution in [-0.4, -0.2) is 10.7 Å². The molecule has 1 nitrogen and oxygen atoms in total. The first-order valence-corrected chi connectivity index (χ1v) is 6.29. The maximum Gasteiger partial charge on any atom is 0.0647 e. The van der Waals surface area contributed by atoms with Gasteiger partial charge in [-0.2, -0.15) is 0 Å². The van der Waals surface area contributed by atoms with Crippen molar-refractivity contribution < 1.29 is 5.11 Å². The second-order valence-corrected chi connectivity index (χ2v) is 6.64. The Balaban J connectivity index is 5.27. The Labute approximate surface area is 102 Å². The van der Waals surface area contributed by atoms with Crippen LogP contribution in [0.15, 0.2) is 12.2 Å². The highest BCUT2D eigenvalue weighted by Crippen LogP contribution is 2.52. The zero-order chi connectivity index (χ0) is 13.4. The van der Waals surface area contributed by atoms with Crippen molar-refractivity contribution >= 4 is 0 Å². The Morgan fingerprint density at radius 2 is 1.50 bits per heavy atom. The average Bonchev–Trinajstić information content (AvgIpc) is 2.13. The molecular weight excluding hydrogens is 196 g/mol. The second-order valence-electron chi connectivity index (χ2n) is 6.64. The van der Waals surface area contributed by atoms with Gasteiger partial charge in [0, 0.05) is 0 Å². The van der Waals surface area contributed by atoms with E-state index < -0.39 is 5.60 Å². The standard InChI is InChI=1S/C15H30O/c1-10-11(2)12(3)13(4,5)14(6,7)15(8,9)16/h12,16H,2,10H2,1,3-9H3. The highest BCUT2D eigenvalue weighted by atomic mass is 16.3. The van der Waals surface area contributed by atoms with Gasteiger partial charge in [-0.15, -0.1) is 0 Å². The van der Waals surface area contributed by atoms with Crippen molar-refractivity contribution in [1.82, 2.24) is 0 Å². The molecule has 0 radical (unpaired) electrons. The van der Waals surface area contributed by atoms with Crippen LogP contribution in [0.4, 0.5) is 0 Å². The van der Waals surface area contributed by atoms with E-state index in [0.29, 0.717) is 5.92 Å². The van der Waals surface area contributed by atoms with Crippen LogP contribution in [0.25, 0.3) is 0 Å².